The van der Waals surface area contributed by atoms with Gasteiger partial charge in [-0.1, -0.05) is 17.3 Å². The second-order valence-electron chi connectivity index (χ2n) is 4.53. The highest BCUT2D eigenvalue weighted by molar-refractivity contribution is 7.90. The lowest BCUT2D eigenvalue weighted by molar-refractivity contribution is -0.122. The third-order valence-corrected chi connectivity index (χ3v) is 3.83. The van der Waals surface area contributed by atoms with Gasteiger partial charge in [0.15, 0.2) is 15.7 Å². The van der Waals surface area contributed by atoms with Crippen molar-refractivity contribution in [3.05, 3.63) is 36.0 Å². The van der Waals surface area contributed by atoms with Crippen LogP contribution in [0.15, 0.2) is 35.4 Å². The van der Waals surface area contributed by atoms with Crippen LogP contribution in [0.1, 0.15) is 5.56 Å². The van der Waals surface area contributed by atoms with Crippen LogP contribution in [0.4, 0.5) is 5.82 Å². The average Bonchev–Trinajstić information content (AvgIpc) is 2.81. The van der Waals surface area contributed by atoms with Crippen LogP contribution in [0.5, 0.6) is 0 Å². The smallest absolute Gasteiger partial charge is 0.242 e. The molecule has 0 aliphatic carbocycles. The fourth-order valence-corrected chi connectivity index (χ4v) is 2.28. The van der Waals surface area contributed by atoms with Crippen LogP contribution < -0.4 is 11.1 Å². The van der Waals surface area contributed by atoms with Gasteiger partial charge in [0.05, 0.1) is 11.1 Å². The molecule has 0 atom stereocenters. The number of rotatable bonds is 5. The maximum Gasteiger partial charge on any atom is 0.242 e. The highest BCUT2D eigenvalue weighted by Gasteiger charge is 2.07. The monoisotopic (exact) mass is 309 g/mol. The Morgan fingerprint density at radius 1 is 1.33 bits per heavy atom. The van der Waals surface area contributed by atoms with E-state index in [1.54, 1.807) is 12.1 Å². The number of nitrogen functional groups attached to an aromatic ring is 1. The molecule has 0 saturated carbocycles. The minimum absolute atomic E-state index is 0.0195. The summed E-state index contributed by atoms with van der Waals surface area (Å²) in [6.07, 6.45) is 2.61. The van der Waals surface area contributed by atoms with Crippen molar-refractivity contribution < 1.29 is 13.2 Å². The molecule has 112 valence electrons. The molecule has 1 aromatic heterocycles. The van der Waals surface area contributed by atoms with Crippen LogP contribution >= 0.6 is 0 Å². The number of hydrogen-bond acceptors (Lipinski definition) is 6. The van der Waals surface area contributed by atoms with Crippen molar-refractivity contribution in [3.8, 4) is 0 Å². The molecule has 0 aliphatic heterocycles. The highest BCUT2D eigenvalue weighted by atomic mass is 32.2. The SMILES string of the molecule is CS(=O)(=O)c1ccc(CNC(=O)Cn2cc(N)nn2)cc1. The molecule has 0 unspecified atom stereocenters. The van der Waals surface area contributed by atoms with Crippen molar-refractivity contribution in [1.82, 2.24) is 20.3 Å². The normalized spacial score (nSPS) is 11.3. The Balaban J connectivity index is 1.89. The van der Waals surface area contributed by atoms with E-state index in [-0.39, 0.29) is 23.2 Å². The van der Waals surface area contributed by atoms with E-state index in [0.29, 0.717) is 6.54 Å². The van der Waals surface area contributed by atoms with Crippen LogP contribution in [-0.4, -0.2) is 35.6 Å². The summed E-state index contributed by atoms with van der Waals surface area (Å²) >= 11 is 0. The van der Waals surface area contributed by atoms with Crippen molar-refractivity contribution in [3.63, 3.8) is 0 Å². The molecule has 0 bridgehead atoms. The third kappa shape index (κ3) is 4.28. The van der Waals surface area contributed by atoms with E-state index in [2.05, 4.69) is 15.6 Å². The van der Waals surface area contributed by atoms with Gasteiger partial charge in [0.1, 0.15) is 6.54 Å². The zero-order chi connectivity index (χ0) is 15.5. The minimum Gasteiger partial charge on any atom is -0.381 e. The molecule has 21 heavy (non-hydrogen) atoms. The fourth-order valence-electron chi connectivity index (χ4n) is 1.65. The molecule has 0 saturated heterocycles. The van der Waals surface area contributed by atoms with Crippen molar-refractivity contribution >= 4 is 21.6 Å². The van der Waals surface area contributed by atoms with Crippen molar-refractivity contribution in [2.75, 3.05) is 12.0 Å². The average molecular weight is 309 g/mol. The van der Waals surface area contributed by atoms with Crippen LogP contribution in [0.25, 0.3) is 0 Å². The van der Waals surface area contributed by atoms with Crippen LogP contribution in [0, 0.1) is 0 Å². The largest absolute Gasteiger partial charge is 0.381 e. The standard InChI is InChI=1S/C12H15N5O3S/c1-21(19,20)10-4-2-9(3-5-10)6-14-12(18)8-17-7-11(13)15-16-17/h2-5,7H,6,8,13H2,1H3,(H,14,18). The zero-order valence-electron chi connectivity index (χ0n) is 11.4. The van der Waals surface area contributed by atoms with Crippen LogP contribution in [0.3, 0.4) is 0 Å². The summed E-state index contributed by atoms with van der Waals surface area (Å²) < 4.78 is 24.0. The Labute approximate surface area is 121 Å². The van der Waals surface area contributed by atoms with Crippen LogP contribution in [0.2, 0.25) is 0 Å². The van der Waals surface area contributed by atoms with E-state index in [1.165, 1.54) is 23.0 Å². The first-order chi connectivity index (χ1) is 9.84. The first kappa shape index (κ1) is 15.0. The van der Waals surface area contributed by atoms with Crippen molar-refractivity contribution in [2.45, 2.75) is 18.0 Å². The number of aromatic nitrogens is 3. The Bertz CT molecular complexity index is 737. The number of anilines is 1. The lowest BCUT2D eigenvalue weighted by Crippen LogP contribution is -2.27. The summed E-state index contributed by atoms with van der Waals surface area (Å²) in [5, 5.41) is 9.94. The number of sulfone groups is 1. The van der Waals surface area contributed by atoms with Gasteiger partial charge in [-0.2, -0.15) is 0 Å². The van der Waals surface area contributed by atoms with Gasteiger partial charge in [0.2, 0.25) is 5.91 Å². The molecular formula is C12H15N5O3S. The predicted octanol–water partition coefficient (Wildman–Crippen LogP) is -0.420. The van der Waals surface area contributed by atoms with E-state index in [4.69, 9.17) is 5.73 Å². The molecule has 0 radical (unpaired) electrons. The molecule has 9 heteroatoms. The fraction of sp³-hybridized carbons (Fsp3) is 0.250. The van der Waals surface area contributed by atoms with Crippen LogP contribution in [-0.2, 0) is 27.7 Å². The quantitative estimate of drug-likeness (QED) is 0.774. The summed E-state index contributed by atoms with van der Waals surface area (Å²) in [5.41, 5.74) is 6.19. The van der Waals surface area contributed by atoms with Gasteiger partial charge in [0, 0.05) is 12.8 Å². The van der Waals surface area contributed by atoms with E-state index in [1.807, 2.05) is 0 Å². The second kappa shape index (κ2) is 5.92. The first-order valence-corrected chi connectivity index (χ1v) is 7.95. The summed E-state index contributed by atoms with van der Waals surface area (Å²) in [7, 11) is -3.21. The summed E-state index contributed by atoms with van der Waals surface area (Å²) in [6, 6.07) is 6.33. The summed E-state index contributed by atoms with van der Waals surface area (Å²) in [5.74, 6) is 0.00579. The molecule has 1 aromatic carbocycles. The van der Waals surface area contributed by atoms with Crippen molar-refractivity contribution in [2.24, 2.45) is 0 Å². The zero-order valence-corrected chi connectivity index (χ0v) is 12.2. The van der Waals surface area contributed by atoms with Gasteiger partial charge in [-0.15, -0.1) is 5.10 Å². The highest BCUT2D eigenvalue weighted by Crippen LogP contribution is 2.10. The Kier molecular flexibility index (Phi) is 4.22. The maximum atomic E-state index is 11.7. The van der Waals surface area contributed by atoms with Gasteiger partial charge in [-0.05, 0) is 17.7 Å². The third-order valence-electron chi connectivity index (χ3n) is 2.70. The maximum absolute atomic E-state index is 11.7. The van der Waals surface area contributed by atoms with Gasteiger partial charge >= 0.3 is 0 Å². The lowest BCUT2D eigenvalue weighted by atomic mass is 10.2. The number of carbonyl (C=O) groups is 1. The topological polar surface area (TPSA) is 120 Å². The number of hydrogen-bond donors (Lipinski definition) is 2. The number of nitrogens with zero attached hydrogens (tertiary/aromatic N) is 3. The first-order valence-electron chi connectivity index (χ1n) is 6.06. The molecule has 0 fully saturated rings. The van der Waals surface area contributed by atoms with Gasteiger partial charge < -0.3 is 11.1 Å². The molecule has 3 N–H and O–H groups in total. The molecular weight excluding hydrogens is 294 g/mol. The van der Waals surface area contributed by atoms with Crippen molar-refractivity contribution in [1.29, 1.82) is 0 Å². The molecule has 2 aromatic rings. The van der Waals surface area contributed by atoms with Gasteiger partial charge in [-0.3, -0.25) is 4.79 Å². The summed E-state index contributed by atoms with van der Waals surface area (Å²) in [4.78, 5) is 11.9. The predicted molar refractivity (Wildman–Crippen MR) is 75.8 cm³/mol. The Morgan fingerprint density at radius 3 is 2.52 bits per heavy atom. The Morgan fingerprint density at radius 2 is 2.00 bits per heavy atom. The molecule has 2 rings (SSSR count). The number of amides is 1. The minimum atomic E-state index is -3.21. The Hall–Kier alpha value is -2.42. The van der Waals surface area contributed by atoms with E-state index in [9.17, 15) is 13.2 Å². The number of benzene rings is 1. The summed E-state index contributed by atoms with van der Waals surface area (Å²) in [6.45, 7) is 0.318. The van der Waals surface area contributed by atoms with E-state index >= 15 is 0 Å². The van der Waals surface area contributed by atoms with Gasteiger partial charge in [-0.25, -0.2) is 13.1 Å². The molecule has 8 nitrogen and oxygen atoms in total. The van der Waals surface area contributed by atoms with Gasteiger partial charge in [0.25, 0.3) is 0 Å². The lowest BCUT2D eigenvalue weighted by Gasteiger charge is -2.06. The van der Waals surface area contributed by atoms with E-state index in [0.717, 1.165) is 11.8 Å². The number of nitrogens with two attached hydrogens (primary N) is 1. The molecule has 0 spiro atoms. The number of nitrogens with one attached hydrogen (secondary N) is 1. The number of carbonyl (C=O) groups excluding carboxylic acids is 1. The molecule has 1 heterocycles. The van der Waals surface area contributed by atoms with E-state index < -0.39 is 9.84 Å². The second-order valence-corrected chi connectivity index (χ2v) is 6.55. The molecule has 1 amide bonds. The molecule has 0 aliphatic rings.